The van der Waals surface area contributed by atoms with Crippen LogP contribution in [0.4, 0.5) is 5.69 Å². The summed E-state index contributed by atoms with van der Waals surface area (Å²) in [5.74, 6) is 1.98. The van der Waals surface area contributed by atoms with Crippen molar-refractivity contribution in [3.8, 4) is 0 Å². The van der Waals surface area contributed by atoms with E-state index in [-0.39, 0.29) is 17.9 Å². The molecule has 1 saturated heterocycles. The van der Waals surface area contributed by atoms with Gasteiger partial charge in [-0.05, 0) is 76.0 Å². The van der Waals surface area contributed by atoms with E-state index in [1.54, 1.807) is 0 Å². The van der Waals surface area contributed by atoms with E-state index in [9.17, 15) is 4.79 Å². The standard InChI is InChI=1S/C26H39N5O/c1-17-10-13-21(18(2)16-17)28-25(32)20-8-7-15-27-23(20)24-30-29-22(31(24)19-11-12-19)9-6-14-26(3,4)5/h10,13,16,19-20,23,27H,6-9,11-12,14-15H2,1-5H3,(H,28,32)/t20-,23-/m0/s1. The Labute approximate surface area is 192 Å². The molecule has 2 fully saturated rings. The number of carbonyl (C=O) groups is 1. The van der Waals surface area contributed by atoms with Crippen LogP contribution in [0.2, 0.25) is 0 Å². The molecular weight excluding hydrogens is 398 g/mol. The Bertz CT molecular complexity index is 954. The first-order valence-corrected chi connectivity index (χ1v) is 12.3. The summed E-state index contributed by atoms with van der Waals surface area (Å²) >= 11 is 0. The Balaban J connectivity index is 1.53. The van der Waals surface area contributed by atoms with Gasteiger partial charge >= 0.3 is 0 Å². The highest BCUT2D eigenvalue weighted by molar-refractivity contribution is 5.93. The number of amides is 1. The van der Waals surface area contributed by atoms with E-state index in [1.165, 1.54) is 24.8 Å². The fraction of sp³-hybridized carbons (Fsp3) is 0.654. The lowest BCUT2D eigenvalue weighted by molar-refractivity contribution is -0.121. The fourth-order valence-corrected chi connectivity index (χ4v) is 4.85. The third kappa shape index (κ3) is 5.40. The van der Waals surface area contributed by atoms with Crippen LogP contribution >= 0.6 is 0 Å². The smallest absolute Gasteiger partial charge is 0.229 e. The number of benzene rings is 1. The molecule has 2 atom stereocenters. The summed E-state index contributed by atoms with van der Waals surface area (Å²) in [6.07, 6.45) is 7.47. The van der Waals surface area contributed by atoms with Crippen LogP contribution in [0.3, 0.4) is 0 Å². The molecule has 2 heterocycles. The van der Waals surface area contributed by atoms with Gasteiger partial charge in [-0.3, -0.25) is 4.79 Å². The maximum Gasteiger partial charge on any atom is 0.229 e. The van der Waals surface area contributed by atoms with Crippen molar-refractivity contribution in [2.24, 2.45) is 11.3 Å². The summed E-state index contributed by atoms with van der Waals surface area (Å²) in [6.45, 7) is 11.9. The molecule has 174 valence electrons. The lowest BCUT2D eigenvalue weighted by atomic mass is 9.89. The summed E-state index contributed by atoms with van der Waals surface area (Å²) in [6, 6.07) is 6.58. The van der Waals surface area contributed by atoms with Crippen molar-refractivity contribution in [2.75, 3.05) is 11.9 Å². The molecule has 0 radical (unpaired) electrons. The summed E-state index contributed by atoms with van der Waals surface area (Å²) in [7, 11) is 0. The van der Waals surface area contributed by atoms with Gasteiger partial charge in [0.25, 0.3) is 0 Å². The second-order valence-electron chi connectivity index (χ2n) is 11.0. The Morgan fingerprint density at radius 2 is 1.97 bits per heavy atom. The molecule has 0 spiro atoms. The summed E-state index contributed by atoms with van der Waals surface area (Å²) in [4.78, 5) is 13.4. The van der Waals surface area contributed by atoms with Crippen LogP contribution < -0.4 is 10.6 Å². The van der Waals surface area contributed by atoms with E-state index in [4.69, 9.17) is 0 Å². The topological polar surface area (TPSA) is 71.8 Å². The van der Waals surface area contributed by atoms with Crippen molar-refractivity contribution in [2.45, 2.75) is 91.6 Å². The molecule has 6 nitrogen and oxygen atoms in total. The number of anilines is 1. The van der Waals surface area contributed by atoms with Gasteiger partial charge in [-0.15, -0.1) is 10.2 Å². The third-order valence-electron chi connectivity index (χ3n) is 6.75. The van der Waals surface area contributed by atoms with Crippen LogP contribution in [-0.2, 0) is 11.2 Å². The minimum absolute atomic E-state index is 0.0776. The normalized spacial score (nSPS) is 21.5. The van der Waals surface area contributed by atoms with Crippen LogP contribution in [0.5, 0.6) is 0 Å². The number of hydrogen-bond donors (Lipinski definition) is 2. The van der Waals surface area contributed by atoms with E-state index in [1.807, 2.05) is 19.1 Å². The number of aryl methyl sites for hydroxylation is 3. The van der Waals surface area contributed by atoms with E-state index in [0.29, 0.717) is 11.5 Å². The second kappa shape index (κ2) is 9.34. The molecule has 2 aliphatic rings. The molecule has 6 heteroatoms. The number of carbonyl (C=O) groups excluding carboxylic acids is 1. The lowest BCUT2D eigenvalue weighted by Crippen LogP contribution is -2.42. The zero-order valence-electron chi connectivity index (χ0n) is 20.4. The van der Waals surface area contributed by atoms with Crippen LogP contribution in [0.15, 0.2) is 18.2 Å². The first kappa shape index (κ1) is 23.0. The first-order valence-electron chi connectivity index (χ1n) is 12.3. The second-order valence-corrected chi connectivity index (χ2v) is 11.0. The lowest BCUT2D eigenvalue weighted by Gasteiger charge is -2.31. The number of rotatable bonds is 7. The van der Waals surface area contributed by atoms with Gasteiger partial charge in [-0.2, -0.15) is 0 Å². The average molecular weight is 438 g/mol. The third-order valence-corrected chi connectivity index (χ3v) is 6.75. The van der Waals surface area contributed by atoms with Crippen molar-refractivity contribution in [1.29, 1.82) is 0 Å². The molecule has 1 amide bonds. The van der Waals surface area contributed by atoms with Gasteiger partial charge in [-0.25, -0.2) is 0 Å². The quantitative estimate of drug-likeness (QED) is 0.618. The predicted octanol–water partition coefficient (Wildman–Crippen LogP) is 5.28. The minimum Gasteiger partial charge on any atom is -0.326 e. The maximum absolute atomic E-state index is 13.4. The molecule has 1 aromatic carbocycles. The first-order chi connectivity index (χ1) is 15.2. The van der Waals surface area contributed by atoms with E-state index >= 15 is 0 Å². The van der Waals surface area contributed by atoms with E-state index in [0.717, 1.165) is 55.1 Å². The Morgan fingerprint density at radius 3 is 2.66 bits per heavy atom. The number of hydrogen-bond acceptors (Lipinski definition) is 4. The Hall–Kier alpha value is -2.21. The van der Waals surface area contributed by atoms with Crippen LogP contribution in [0.1, 0.15) is 94.2 Å². The molecule has 1 aliphatic heterocycles. The monoisotopic (exact) mass is 437 g/mol. The highest BCUT2D eigenvalue weighted by Gasteiger charge is 2.39. The molecule has 32 heavy (non-hydrogen) atoms. The molecule has 1 aliphatic carbocycles. The van der Waals surface area contributed by atoms with Crippen molar-refractivity contribution in [3.05, 3.63) is 41.0 Å². The predicted molar refractivity (Wildman–Crippen MR) is 129 cm³/mol. The number of aromatic nitrogens is 3. The molecular formula is C26H39N5O. The summed E-state index contributed by atoms with van der Waals surface area (Å²) in [5.41, 5.74) is 3.53. The van der Waals surface area contributed by atoms with Crippen molar-refractivity contribution in [3.63, 3.8) is 0 Å². The van der Waals surface area contributed by atoms with Crippen LogP contribution in [0.25, 0.3) is 0 Å². The molecule has 0 bridgehead atoms. The summed E-state index contributed by atoms with van der Waals surface area (Å²) in [5, 5.41) is 16.1. The molecule has 0 unspecified atom stereocenters. The van der Waals surface area contributed by atoms with Gasteiger partial charge in [0.15, 0.2) is 5.82 Å². The molecule has 1 saturated carbocycles. The van der Waals surface area contributed by atoms with Gasteiger partial charge in [0.2, 0.25) is 5.91 Å². The van der Waals surface area contributed by atoms with E-state index < -0.39 is 0 Å². The number of piperidine rings is 1. The van der Waals surface area contributed by atoms with Crippen molar-refractivity contribution in [1.82, 2.24) is 20.1 Å². The van der Waals surface area contributed by atoms with Gasteiger partial charge < -0.3 is 15.2 Å². The molecule has 1 aromatic heterocycles. The van der Waals surface area contributed by atoms with Crippen LogP contribution in [-0.4, -0.2) is 27.2 Å². The maximum atomic E-state index is 13.4. The molecule has 4 rings (SSSR count). The highest BCUT2D eigenvalue weighted by atomic mass is 16.2. The number of nitrogens with zero attached hydrogens (tertiary/aromatic N) is 3. The fourth-order valence-electron chi connectivity index (χ4n) is 4.85. The van der Waals surface area contributed by atoms with Gasteiger partial charge in [0.05, 0.1) is 12.0 Å². The highest BCUT2D eigenvalue weighted by Crippen LogP contribution is 2.40. The molecule has 2 aromatic rings. The van der Waals surface area contributed by atoms with E-state index in [2.05, 4.69) is 59.2 Å². The van der Waals surface area contributed by atoms with Crippen molar-refractivity contribution >= 4 is 11.6 Å². The zero-order valence-corrected chi connectivity index (χ0v) is 20.4. The van der Waals surface area contributed by atoms with Gasteiger partial charge in [0, 0.05) is 18.2 Å². The minimum atomic E-state index is -0.145. The van der Waals surface area contributed by atoms with Gasteiger partial charge in [0.1, 0.15) is 5.82 Å². The largest absolute Gasteiger partial charge is 0.326 e. The Kier molecular flexibility index (Phi) is 6.70. The van der Waals surface area contributed by atoms with Gasteiger partial charge in [-0.1, -0.05) is 38.5 Å². The SMILES string of the molecule is Cc1ccc(NC(=O)[C@H]2CCCN[C@@H]2c2nnc(CCCC(C)(C)C)n2C2CC2)c(C)c1. The Morgan fingerprint density at radius 1 is 1.19 bits per heavy atom. The molecule has 2 N–H and O–H groups in total. The summed E-state index contributed by atoms with van der Waals surface area (Å²) < 4.78 is 2.36. The zero-order chi connectivity index (χ0) is 22.9. The van der Waals surface area contributed by atoms with Crippen LogP contribution in [0, 0.1) is 25.2 Å². The van der Waals surface area contributed by atoms with Crippen molar-refractivity contribution < 1.29 is 4.79 Å². The number of nitrogens with one attached hydrogen (secondary N) is 2. The average Bonchev–Trinajstić information content (AvgIpc) is 3.49.